The molecule has 2 aliphatic heterocycles. The van der Waals surface area contributed by atoms with Gasteiger partial charge in [0.2, 0.25) is 0 Å². The van der Waals surface area contributed by atoms with E-state index in [1.807, 2.05) is 6.07 Å². The van der Waals surface area contributed by atoms with E-state index in [0.29, 0.717) is 24.7 Å². The maximum atomic E-state index is 6.07. The van der Waals surface area contributed by atoms with Gasteiger partial charge in [0, 0.05) is 32.3 Å². The SMILES string of the molecule is CCNC(=NCc1cc(C(C)C)no1)N1CCC(OCC2CCCO2)CC1.I. The molecule has 1 unspecified atom stereocenters. The number of nitrogens with one attached hydrogen (secondary N) is 1. The molecule has 0 radical (unpaired) electrons. The molecule has 8 heteroatoms. The topological polar surface area (TPSA) is 72.1 Å². The van der Waals surface area contributed by atoms with Crippen LogP contribution in [0.15, 0.2) is 15.6 Å². The van der Waals surface area contributed by atoms with E-state index < -0.39 is 0 Å². The Labute approximate surface area is 185 Å². The number of piperidine rings is 1. The van der Waals surface area contributed by atoms with E-state index >= 15 is 0 Å². The van der Waals surface area contributed by atoms with E-state index in [4.69, 9.17) is 19.0 Å². The molecule has 160 valence electrons. The summed E-state index contributed by atoms with van der Waals surface area (Å²) in [6, 6.07) is 2.00. The van der Waals surface area contributed by atoms with Crippen molar-refractivity contribution in [1.29, 1.82) is 0 Å². The van der Waals surface area contributed by atoms with E-state index in [0.717, 1.165) is 69.5 Å². The fraction of sp³-hybridized carbons (Fsp3) is 0.800. The third-order valence-electron chi connectivity index (χ3n) is 5.17. The van der Waals surface area contributed by atoms with Crippen molar-refractivity contribution in [3.63, 3.8) is 0 Å². The quantitative estimate of drug-likeness (QED) is 0.347. The van der Waals surface area contributed by atoms with Crippen LogP contribution in [0.1, 0.15) is 63.8 Å². The Morgan fingerprint density at radius 3 is 2.75 bits per heavy atom. The number of aliphatic imine (C=N–C) groups is 1. The zero-order valence-electron chi connectivity index (χ0n) is 17.4. The molecule has 0 amide bonds. The molecule has 1 N–H and O–H groups in total. The second-order valence-corrected chi connectivity index (χ2v) is 7.70. The van der Waals surface area contributed by atoms with E-state index in [2.05, 4.69) is 36.1 Å². The summed E-state index contributed by atoms with van der Waals surface area (Å²) in [6.07, 6.45) is 4.99. The lowest BCUT2D eigenvalue weighted by molar-refractivity contribution is -0.0367. The van der Waals surface area contributed by atoms with Gasteiger partial charge in [-0.15, -0.1) is 24.0 Å². The number of halogens is 1. The number of rotatable bonds is 7. The Kier molecular flexibility index (Phi) is 10.0. The fourth-order valence-electron chi connectivity index (χ4n) is 3.51. The van der Waals surface area contributed by atoms with E-state index in [1.165, 1.54) is 6.42 Å². The molecule has 2 saturated heterocycles. The number of aromatic nitrogens is 1. The molecule has 2 aliphatic rings. The van der Waals surface area contributed by atoms with Crippen molar-refractivity contribution in [3.05, 3.63) is 17.5 Å². The molecular weight excluding hydrogens is 471 g/mol. The Bertz CT molecular complexity index is 594. The van der Waals surface area contributed by atoms with Gasteiger partial charge in [-0.3, -0.25) is 0 Å². The number of ether oxygens (including phenoxy) is 2. The minimum absolute atomic E-state index is 0. The molecule has 1 aromatic heterocycles. The van der Waals surface area contributed by atoms with Crippen LogP contribution < -0.4 is 5.32 Å². The van der Waals surface area contributed by atoms with Gasteiger partial charge in [-0.2, -0.15) is 0 Å². The second-order valence-electron chi connectivity index (χ2n) is 7.70. The maximum absolute atomic E-state index is 6.07. The summed E-state index contributed by atoms with van der Waals surface area (Å²) in [5, 5.41) is 7.51. The molecule has 2 fully saturated rings. The Balaban J connectivity index is 0.00000280. The van der Waals surface area contributed by atoms with Gasteiger partial charge in [-0.05, 0) is 38.5 Å². The molecule has 7 nitrogen and oxygen atoms in total. The van der Waals surface area contributed by atoms with Crippen molar-refractivity contribution in [3.8, 4) is 0 Å². The molecular formula is C20H35IN4O3. The van der Waals surface area contributed by atoms with Crippen LogP contribution in [0.4, 0.5) is 0 Å². The first-order valence-corrected chi connectivity index (χ1v) is 10.4. The lowest BCUT2D eigenvalue weighted by Crippen LogP contribution is -2.47. The normalized spacial score (nSPS) is 21.2. The van der Waals surface area contributed by atoms with Gasteiger partial charge in [0.1, 0.15) is 6.54 Å². The lowest BCUT2D eigenvalue weighted by Gasteiger charge is -2.34. The first-order chi connectivity index (χ1) is 13.2. The van der Waals surface area contributed by atoms with Gasteiger partial charge < -0.3 is 24.2 Å². The summed E-state index contributed by atoms with van der Waals surface area (Å²) >= 11 is 0. The first kappa shape index (κ1) is 23.4. The van der Waals surface area contributed by atoms with Gasteiger partial charge in [-0.25, -0.2) is 4.99 Å². The summed E-state index contributed by atoms with van der Waals surface area (Å²) < 4.78 is 17.1. The van der Waals surface area contributed by atoms with Gasteiger partial charge in [0.25, 0.3) is 0 Å². The summed E-state index contributed by atoms with van der Waals surface area (Å²) in [7, 11) is 0. The van der Waals surface area contributed by atoms with Crippen molar-refractivity contribution < 1.29 is 14.0 Å². The fourth-order valence-corrected chi connectivity index (χ4v) is 3.51. The molecule has 3 heterocycles. The van der Waals surface area contributed by atoms with E-state index in [-0.39, 0.29) is 24.0 Å². The van der Waals surface area contributed by atoms with Gasteiger partial charge in [0.15, 0.2) is 11.7 Å². The average molecular weight is 506 g/mol. The number of nitrogens with zero attached hydrogens (tertiary/aromatic N) is 3. The molecule has 0 spiro atoms. The van der Waals surface area contributed by atoms with Crippen molar-refractivity contribution in [2.45, 2.75) is 71.1 Å². The third-order valence-corrected chi connectivity index (χ3v) is 5.17. The van der Waals surface area contributed by atoms with Crippen LogP contribution in [0.2, 0.25) is 0 Å². The van der Waals surface area contributed by atoms with Crippen molar-refractivity contribution in [1.82, 2.24) is 15.4 Å². The average Bonchev–Trinajstić information content (AvgIpc) is 3.36. The molecule has 0 aromatic carbocycles. The van der Waals surface area contributed by atoms with Crippen molar-refractivity contribution >= 4 is 29.9 Å². The molecule has 3 rings (SSSR count). The van der Waals surface area contributed by atoms with Crippen LogP contribution in [0, 0.1) is 0 Å². The van der Waals surface area contributed by atoms with Gasteiger partial charge in [-0.1, -0.05) is 19.0 Å². The van der Waals surface area contributed by atoms with Gasteiger partial charge in [0.05, 0.1) is 24.5 Å². The second kappa shape index (κ2) is 12.0. The first-order valence-electron chi connectivity index (χ1n) is 10.4. The minimum Gasteiger partial charge on any atom is -0.376 e. The molecule has 0 aliphatic carbocycles. The highest BCUT2D eigenvalue weighted by Gasteiger charge is 2.24. The number of guanidine groups is 1. The largest absolute Gasteiger partial charge is 0.376 e. The van der Waals surface area contributed by atoms with Gasteiger partial charge >= 0.3 is 0 Å². The predicted octanol–water partition coefficient (Wildman–Crippen LogP) is 3.54. The third kappa shape index (κ3) is 6.88. The number of hydrogen-bond acceptors (Lipinski definition) is 5. The number of hydrogen-bond donors (Lipinski definition) is 1. The standard InChI is InChI=1S/C20H34N4O3.HI/c1-4-21-20(22-13-18-12-19(15(2)3)23-27-18)24-9-7-16(8-10-24)26-14-17-6-5-11-25-17;/h12,15-17H,4-11,13-14H2,1-3H3,(H,21,22);1H. The van der Waals surface area contributed by atoms with Crippen LogP contribution in [0.3, 0.4) is 0 Å². The monoisotopic (exact) mass is 506 g/mol. The molecule has 28 heavy (non-hydrogen) atoms. The smallest absolute Gasteiger partial charge is 0.194 e. The van der Waals surface area contributed by atoms with E-state index in [9.17, 15) is 0 Å². The Morgan fingerprint density at radius 1 is 1.36 bits per heavy atom. The maximum Gasteiger partial charge on any atom is 0.194 e. The highest BCUT2D eigenvalue weighted by atomic mass is 127. The lowest BCUT2D eigenvalue weighted by atomic mass is 10.1. The van der Waals surface area contributed by atoms with Crippen LogP contribution in [-0.2, 0) is 16.0 Å². The van der Waals surface area contributed by atoms with Crippen molar-refractivity contribution in [2.75, 3.05) is 32.8 Å². The summed E-state index contributed by atoms with van der Waals surface area (Å²) in [5.74, 6) is 2.12. The highest BCUT2D eigenvalue weighted by Crippen LogP contribution is 2.18. The molecule has 1 atom stereocenters. The number of likely N-dealkylation sites (tertiary alicyclic amines) is 1. The van der Waals surface area contributed by atoms with Crippen LogP contribution in [0.5, 0.6) is 0 Å². The predicted molar refractivity (Wildman–Crippen MR) is 120 cm³/mol. The van der Waals surface area contributed by atoms with Crippen LogP contribution in [0.25, 0.3) is 0 Å². The van der Waals surface area contributed by atoms with Crippen LogP contribution >= 0.6 is 24.0 Å². The summed E-state index contributed by atoms with van der Waals surface area (Å²) in [6.45, 7) is 11.2. The zero-order chi connectivity index (χ0) is 19.1. The van der Waals surface area contributed by atoms with E-state index in [1.54, 1.807) is 0 Å². The summed E-state index contributed by atoms with van der Waals surface area (Å²) in [4.78, 5) is 7.07. The molecule has 0 bridgehead atoms. The molecule has 1 aromatic rings. The highest BCUT2D eigenvalue weighted by molar-refractivity contribution is 14.0. The minimum atomic E-state index is 0. The Morgan fingerprint density at radius 2 is 2.14 bits per heavy atom. The van der Waals surface area contributed by atoms with Crippen LogP contribution in [-0.4, -0.2) is 61.1 Å². The van der Waals surface area contributed by atoms with Crippen molar-refractivity contribution in [2.24, 2.45) is 4.99 Å². The molecule has 0 saturated carbocycles. The Hall–Kier alpha value is -0.870. The zero-order valence-corrected chi connectivity index (χ0v) is 19.7. The summed E-state index contributed by atoms with van der Waals surface area (Å²) in [5.41, 5.74) is 0.981.